The molecule has 2 rings (SSSR count). The van der Waals surface area contributed by atoms with Crippen molar-refractivity contribution < 1.29 is 4.79 Å². The molecule has 0 saturated heterocycles. The molecular weight excluding hydrogens is 338 g/mol. The van der Waals surface area contributed by atoms with E-state index in [1.807, 2.05) is 12.3 Å². The molecule has 1 aliphatic carbocycles. The second-order valence-electron chi connectivity index (χ2n) is 7.00. The fraction of sp³-hybridized carbons (Fsp3) is 0.526. The molecule has 1 aromatic rings. The van der Waals surface area contributed by atoms with E-state index in [2.05, 4.69) is 61.1 Å². The predicted octanol–water partition coefficient (Wildman–Crippen LogP) is 5.86. The van der Waals surface area contributed by atoms with Crippen LogP contribution >= 0.6 is 15.9 Å². The van der Waals surface area contributed by atoms with Crippen LogP contribution in [0.15, 0.2) is 34.4 Å². The first kappa shape index (κ1) is 17.3. The Hall–Kier alpha value is -1.09. The summed E-state index contributed by atoms with van der Waals surface area (Å²) in [6.45, 7) is 8.93. The average molecular weight is 364 g/mol. The van der Waals surface area contributed by atoms with Gasteiger partial charge in [0.2, 0.25) is 0 Å². The highest BCUT2D eigenvalue weighted by molar-refractivity contribution is 9.10. The number of halogens is 1. The first-order chi connectivity index (χ1) is 10.3. The fourth-order valence-corrected chi connectivity index (χ4v) is 3.55. The normalized spacial score (nSPS) is 21.2. The van der Waals surface area contributed by atoms with Gasteiger partial charge in [-0.1, -0.05) is 33.3 Å². The zero-order valence-corrected chi connectivity index (χ0v) is 15.6. The molecule has 22 heavy (non-hydrogen) atoms. The first-order valence-corrected chi connectivity index (χ1v) is 8.87. The Balaban J connectivity index is 2.13. The van der Waals surface area contributed by atoms with Gasteiger partial charge in [-0.05, 0) is 64.7 Å². The molecule has 3 heteroatoms. The van der Waals surface area contributed by atoms with E-state index in [9.17, 15) is 4.79 Å². The standard InChI is InChI=1S/C19H26BrNO/c1-5-19(3,4)15-7-9-18(22)14(11-15)12-21-17-8-6-13(2)10-16(17)20/h6,8,10,12,15,21H,5,7,9,11H2,1-4H3/b14-12+/t15-/m0/s1. The third-order valence-corrected chi connectivity index (χ3v) is 5.74. The van der Waals surface area contributed by atoms with Crippen LogP contribution in [0.2, 0.25) is 0 Å². The summed E-state index contributed by atoms with van der Waals surface area (Å²) in [7, 11) is 0. The molecule has 0 aromatic heterocycles. The highest BCUT2D eigenvalue weighted by Crippen LogP contribution is 2.41. The molecule has 1 N–H and O–H groups in total. The number of benzene rings is 1. The van der Waals surface area contributed by atoms with E-state index >= 15 is 0 Å². The molecule has 1 aromatic carbocycles. The molecule has 0 aliphatic heterocycles. The van der Waals surface area contributed by atoms with Crippen LogP contribution < -0.4 is 5.32 Å². The number of rotatable bonds is 4. The molecule has 0 amide bonds. The van der Waals surface area contributed by atoms with Crippen LogP contribution in [0, 0.1) is 18.3 Å². The molecule has 0 spiro atoms. The second kappa shape index (κ2) is 6.99. The first-order valence-electron chi connectivity index (χ1n) is 8.08. The number of nitrogens with one attached hydrogen (secondary N) is 1. The van der Waals surface area contributed by atoms with E-state index in [1.54, 1.807) is 0 Å². The number of anilines is 1. The summed E-state index contributed by atoms with van der Waals surface area (Å²) in [5, 5.41) is 3.30. The number of allylic oxidation sites excluding steroid dienone is 1. The van der Waals surface area contributed by atoms with Gasteiger partial charge >= 0.3 is 0 Å². The highest BCUT2D eigenvalue weighted by Gasteiger charge is 2.33. The third-order valence-electron chi connectivity index (χ3n) is 5.09. The van der Waals surface area contributed by atoms with Crippen molar-refractivity contribution in [2.45, 2.75) is 53.4 Å². The van der Waals surface area contributed by atoms with Crippen molar-refractivity contribution in [3.05, 3.63) is 40.0 Å². The molecule has 0 unspecified atom stereocenters. The van der Waals surface area contributed by atoms with Crippen LogP contribution in [-0.2, 0) is 4.79 Å². The number of Topliss-reactive ketones (excluding diaryl/α,β-unsaturated/α-hetero) is 1. The Kier molecular flexibility index (Phi) is 5.49. The summed E-state index contributed by atoms with van der Waals surface area (Å²) in [6.07, 6.45) is 5.64. The lowest BCUT2D eigenvalue weighted by atomic mass is 9.68. The molecule has 1 fully saturated rings. The topological polar surface area (TPSA) is 29.1 Å². The Morgan fingerprint density at radius 3 is 2.77 bits per heavy atom. The minimum atomic E-state index is 0.291. The van der Waals surface area contributed by atoms with Crippen molar-refractivity contribution in [3.8, 4) is 0 Å². The Labute approximate surface area is 142 Å². The average Bonchev–Trinajstić information content (AvgIpc) is 2.47. The number of carbonyl (C=O) groups excluding carboxylic acids is 1. The van der Waals surface area contributed by atoms with Crippen molar-refractivity contribution in [1.29, 1.82) is 0 Å². The molecular formula is C19H26BrNO. The molecule has 1 atom stereocenters. The summed E-state index contributed by atoms with van der Waals surface area (Å²) < 4.78 is 1.03. The minimum Gasteiger partial charge on any atom is -0.360 e. The molecule has 2 nitrogen and oxygen atoms in total. The van der Waals surface area contributed by atoms with E-state index in [1.165, 1.54) is 5.56 Å². The van der Waals surface area contributed by atoms with E-state index in [0.717, 1.165) is 35.0 Å². The smallest absolute Gasteiger partial charge is 0.160 e. The molecule has 0 bridgehead atoms. The van der Waals surface area contributed by atoms with E-state index < -0.39 is 0 Å². The lowest BCUT2D eigenvalue weighted by molar-refractivity contribution is -0.117. The summed E-state index contributed by atoms with van der Waals surface area (Å²) in [5.74, 6) is 0.878. The van der Waals surface area contributed by atoms with Crippen molar-refractivity contribution >= 4 is 27.4 Å². The molecule has 1 saturated carbocycles. The number of aryl methyl sites for hydroxylation is 1. The lowest BCUT2D eigenvalue weighted by Gasteiger charge is -2.36. The Bertz CT molecular complexity index is 589. The Morgan fingerprint density at radius 1 is 1.41 bits per heavy atom. The molecule has 1 aliphatic rings. The zero-order chi connectivity index (χ0) is 16.3. The summed E-state index contributed by atoms with van der Waals surface area (Å²) in [6, 6.07) is 6.18. The van der Waals surface area contributed by atoms with Crippen molar-refractivity contribution in [3.63, 3.8) is 0 Å². The molecule has 0 radical (unpaired) electrons. The van der Waals surface area contributed by atoms with Crippen LogP contribution in [0.1, 0.15) is 52.0 Å². The SMILES string of the molecule is CCC(C)(C)[C@H]1CCC(=O)/C(=C/Nc2ccc(C)cc2Br)C1. The van der Waals surface area contributed by atoms with Gasteiger partial charge in [0.25, 0.3) is 0 Å². The number of hydrogen-bond acceptors (Lipinski definition) is 2. The van der Waals surface area contributed by atoms with Crippen LogP contribution in [-0.4, -0.2) is 5.78 Å². The maximum Gasteiger partial charge on any atom is 0.160 e. The van der Waals surface area contributed by atoms with Gasteiger partial charge in [-0.25, -0.2) is 0 Å². The van der Waals surface area contributed by atoms with Crippen molar-refractivity contribution in [1.82, 2.24) is 0 Å². The number of carbonyl (C=O) groups is 1. The Morgan fingerprint density at radius 2 is 2.14 bits per heavy atom. The minimum absolute atomic E-state index is 0.291. The molecule has 120 valence electrons. The van der Waals surface area contributed by atoms with Gasteiger partial charge in [-0.3, -0.25) is 4.79 Å². The summed E-state index contributed by atoms with van der Waals surface area (Å²) >= 11 is 3.57. The number of hydrogen-bond donors (Lipinski definition) is 1. The van der Waals surface area contributed by atoms with Crippen LogP contribution in [0.25, 0.3) is 0 Å². The second-order valence-corrected chi connectivity index (χ2v) is 7.86. The van der Waals surface area contributed by atoms with Gasteiger partial charge in [0.15, 0.2) is 5.78 Å². The summed E-state index contributed by atoms with van der Waals surface area (Å²) in [4.78, 5) is 12.2. The zero-order valence-electron chi connectivity index (χ0n) is 14.0. The quantitative estimate of drug-likeness (QED) is 0.678. The van der Waals surface area contributed by atoms with Crippen molar-refractivity contribution in [2.24, 2.45) is 11.3 Å². The lowest BCUT2D eigenvalue weighted by Crippen LogP contribution is -2.29. The predicted molar refractivity (Wildman–Crippen MR) is 97.0 cm³/mol. The van der Waals surface area contributed by atoms with Crippen LogP contribution in [0.5, 0.6) is 0 Å². The maximum absolute atomic E-state index is 12.2. The highest BCUT2D eigenvalue weighted by atomic mass is 79.9. The third kappa shape index (κ3) is 4.01. The summed E-state index contributed by atoms with van der Waals surface area (Å²) in [5.41, 5.74) is 3.45. The van der Waals surface area contributed by atoms with Crippen molar-refractivity contribution in [2.75, 3.05) is 5.32 Å². The van der Waals surface area contributed by atoms with E-state index in [4.69, 9.17) is 0 Å². The fourth-order valence-electron chi connectivity index (χ4n) is 2.94. The maximum atomic E-state index is 12.2. The van der Waals surface area contributed by atoms with Gasteiger partial charge in [0.05, 0.1) is 5.69 Å². The largest absolute Gasteiger partial charge is 0.360 e. The van der Waals surface area contributed by atoms with E-state index in [-0.39, 0.29) is 0 Å². The van der Waals surface area contributed by atoms with Crippen LogP contribution in [0.3, 0.4) is 0 Å². The monoisotopic (exact) mass is 363 g/mol. The van der Waals surface area contributed by atoms with Crippen LogP contribution in [0.4, 0.5) is 5.69 Å². The van der Waals surface area contributed by atoms with Gasteiger partial charge in [-0.15, -0.1) is 0 Å². The number of ketones is 1. The van der Waals surface area contributed by atoms with E-state index in [0.29, 0.717) is 23.5 Å². The molecule has 0 heterocycles. The van der Waals surface area contributed by atoms with Gasteiger partial charge in [0.1, 0.15) is 0 Å². The van der Waals surface area contributed by atoms with Gasteiger partial charge < -0.3 is 5.32 Å². The van der Waals surface area contributed by atoms with Gasteiger partial charge in [0, 0.05) is 22.7 Å². The van der Waals surface area contributed by atoms with Gasteiger partial charge in [-0.2, -0.15) is 0 Å².